The minimum Gasteiger partial charge on any atom is -0.352 e. The molecule has 2 N–H and O–H groups in total. The number of rotatable bonds is 7. The van der Waals surface area contributed by atoms with Crippen molar-refractivity contribution in [1.29, 1.82) is 0 Å². The number of nitrogens with one attached hydrogen (secondary N) is 2. The normalized spacial score (nSPS) is 15.8. The van der Waals surface area contributed by atoms with E-state index in [2.05, 4.69) is 22.8 Å². The fraction of sp³-hybridized carbons (Fsp3) is 0.304. The van der Waals surface area contributed by atoms with Crippen LogP contribution in [0, 0.1) is 12.8 Å². The van der Waals surface area contributed by atoms with E-state index in [1.807, 2.05) is 55.5 Å². The maximum absolute atomic E-state index is 12.6. The lowest BCUT2D eigenvalue weighted by Crippen LogP contribution is -2.30. The van der Waals surface area contributed by atoms with Crippen molar-refractivity contribution in [2.24, 2.45) is 5.92 Å². The highest BCUT2D eigenvalue weighted by Gasteiger charge is 2.15. The zero-order chi connectivity index (χ0) is 19.8. The van der Waals surface area contributed by atoms with Crippen molar-refractivity contribution in [3.8, 4) is 0 Å². The molecule has 4 nitrogen and oxygen atoms in total. The van der Waals surface area contributed by atoms with Gasteiger partial charge in [0.15, 0.2) is 0 Å². The van der Waals surface area contributed by atoms with E-state index in [1.165, 1.54) is 11.8 Å². The summed E-state index contributed by atoms with van der Waals surface area (Å²) in [6.07, 6.45) is 7.62. The van der Waals surface area contributed by atoms with Crippen molar-refractivity contribution >= 4 is 29.3 Å². The van der Waals surface area contributed by atoms with Gasteiger partial charge in [-0.3, -0.25) is 9.59 Å². The quantitative estimate of drug-likeness (QED) is 0.523. The van der Waals surface area contributed by atoms with E-state index in [9.17, 15) is 9.59 Å². The van der Waals surface area contributed by atoms with Crippen molar-refractivity contribution in [2.45, 2.75) is 31.1 Å². The molecule has 1 atom stereocenters. The van der Waals surface area contributed by atoms with Gasteiger partial charge >= 0.3 is 0 Å². The summed E-state index contributed by atoms with van der Waals surface area (Å²) in [5.74, 6) is 0.606. The molecule has 5 heteroatoms. The van der Waals surface area contributed by atoms with Crippen LogP contribution in [0.4, 0.5) is 5.69 Å². The maximum Gasteiger partial charge on any atom is 0.252 e. The number of carbonyl (C=O) groups excluding carboxylic acids is 2. The highest BCUT2D eigenvalue weighted by molar-refractivity contribution is 8.00. The lowest BCUT2D eigenvalue weighted by Gasteiger charge is -2.18. The van der Waals surface area contributed by atoms with Gasteiger partial charge in [0.2, 0.25) is 5.91 Å². The molecule has 2 aromatic rings. The second-order valence-electron chi connectivity index (χ2n) is 7.06. The van der Waals surface area contributed by atoms with Crippen molar-refractivity contribution in [1.82, 2.24) is 5.32 Å². The molecule has 0 bridgehead atoms. The summed E-state index contributed by atoms with van der Waals surface area (Å²) in [6, 6.07) is 15.2. The third-order valence-electron chi connectivity index (χ3n) is 4.75. The van der Waals surface area contributed by atoms with E-state index >= 15 is 0 Å². The van der Waals surface area contributed by atoms with Gasteiger partial charge in [-0.05, 0) is 56.4 Å². The molecule has 2 amide bonds. The number of carbonyl (C=O) groups is 2. The van der Waals surface area contributed by atoms with E-state index in [0.717, 1.165) is 35.4 Å². The largest absolute Gasteiger partial charge is 0.352 e. The molecule has 0 saturated carbocycles. The van der Waals surface area contributed by atoms with Crippen molar-refractivity contribution in [3.63, 3.8) is 0 Å². The molecule has 1 aliphatic rings. The summed E-state index contributed by atoms with van der Waals surface area (Å²) in [5.41, 5.74) is 2.56. The van der Waals surface area contributed by atoms with Crippen LogP contribution < -0.4 is 10.6 Å². The lowest BCUT2D eigenvalue weighted by atomic mass is 9.94. The molecular formula is C23H26N2O2S. The summed E-state index contributed by atoms with van der Waals surface area (Å²) in [5, 5.41) is 5.94. The Bertz CT molecular complexity index is 846. The average Bonchev–Trinajstić information content (AvgIpc) is 2.73. The number of hydrogen-bond acceptors (Lipinski definition) is 3. The van der Waals surface area contributed by atoms with Crippen LogP contribution in [0.25, 0.3) is 0 Å². The molecule has 2 aromatic carbocycles. The molecule has 0 spiro atoms. The van der Waals surface area contributed by atoms with Crippen LogP contribution in [0.2, 0.25) is 0 Å². The SMILES string of the molecule is Cc1ccc(NC(=O)CSc2ccccc2C(=O)NCC2CC=CCC2)cc1. The Kier molecular flexibility index (Phi) is 7.31. The van der Waals surface area contributed by atoms with Crippen LogP contribution in [0.15, 0.2) is 65.6 Å². The summed E-state index contributed by atoms with van der Waals surface area (Å²) >= 11 is 1.38. The minimum atomic E-state index is -0.0851. The highest BCUT2D eigenvalue weighted by atomic mass is 32.2. The van der Waals surface area contributed by atoms with E-state index < -0.39 is 0 Å². The van der Waals surface area contributed by atoms with Crippen LogP contribution in [0.5, 0.6) is 0 Å². The molecule has 3 rings (SSSR count). The van der Waals surface area contributed by atoms with Crippen LogP contribution in [0.3, 0.4) is 0 Å². The first kappa shape index (κ1) is 20.2. The highest BCUT2D eigenvalue weighted by Crippen LogP contribution is 2.23. The predicted octanol–water partition coefficient (Wildman–Crippen LogP) is 4.81. The summed E-state index contributed by atoms with van der Waals surface area (Å²) in [7, 11) is 0. The van der Waals surface area contributed by atoms with Crippen molar-refractivity contribution < 1.29 is 9.59 Å². The molecule has 0 fully saturated rings. The van der Waals surface area contributed by atoms with Gasteiger partial charge in [-0.25, -0.2) is 0 Å². The predicted molar refractivity (Wildman–Crippen MR) is 116 cm³/mol. The van der Waals surface area contributed by atoms with E-state index in [1.54, 1.807) is 0 Å². The summed E-state index contributed by atoms with van der Waals surface area (Å²) in [4.78, 5) is 25.7. The molecule has 146 valence electrons. The number of anilines is 1. The molecule has 0 aliphatic heterocycles. The van der Waals surface area contributed by atoms with E-state index in [-0.39, 0.29) is 17.6 Å². The van der Waals surface area contributed by atoms with Crippen LogP contribution in [-0.4, -0.2) is 24.1 Å². The van der Waals surface area contributed by atoms with Crippen molar-refractivity contribution in [3.05, 3.63) is 71.8 Å². The number of benzene rings is 2. The van der Waals surface area contributed by atoms with Gasteiger partial charge in [0, 0.05) is 17.1 Å². The van der Waals surface area contributed by atoms with E-state index in [0.29, 0.717) is 18.0 Å². The summed E-state index contributed by atoms with van der Waals surface area (Å²) in [6.45, 7) is 2.70. The molecule has 0 radical (unpaired) electrons. The summed E-state index contributed by atoms with van der Waals surface area (Å²) < 4.78 is 0. The zero-order valence-electron chi connectivity index (χ0n) is 16.1. The van der Waals surface area contributed by atoms with Crippen LogP contribution in [-0.2, 0) is 4.79 Å². The van der Waals surface area contributed by atoms with Crippen LogP contribution >= 0.6 is 11.8 Å². The number of amides is 2. The second-order valence-corrected chi connectivity index (χ2v) is 8.08. The van der Waals surface area contributed by atoms with E-state index in [4.69, 9.17) is 0 Å². The number of allylic oxidation sites excluding steroid dienone is 2. The third-order valence-corrected chi connectivity index (χ3v) is 5.83. The Labute approximate surface area is 170 Å². The fourth-order valence-corrected chi connectivity index (χ4v) is 3.98. The molecule has 1 unspecified atom stereocenters. The third kappa shape index (κ3) is 5.99. The molecule has 28 heavy (non-hydrogen) atoms. The van der Waals surface area contributed by atoms with Crippen molar-refractivity contribution in [2.75, 3.05) is 17.6 Å². The number of hydrogen-bond donors (Lipinski definition) is 2. The first-order chi connectivity index (χ1) is 13.6. The Morgan fingerprint density at radius 3 is 2.61 bits per heavy atom. The van der Waals surface area contributed by atoms with Gasteiger partial charge in [-0.1, -0.05) is 42.0 Å². The zero-order valence-corrected chi connectivity index (χ0v) is 16.9. The van der Waals surface area contributed by atoms with Gasteiger partial charge < -0.3 is 10.6 Å². The Hall–Kier alpha value is -2.53. The molecule has 0 aromatic heterocycles. The lowest BCUT2D eigenvalue weighted by molar-refractivity contribution is -0.113. The average molecular weight is 395 g/mol. The molecule has 1 aliphatic carbocycles. The first-order valence-corrected chi connectivity index (χ1v) is 10.6. The molecule has 0 heterocycles. The standard InChI is InChI=1S/C23H26N2O2S/c1-17-11-13-19(14-12-17)25-22(26)16-28-21-10-6-5-9-20(21)23(27)24-15-18-7-3-2-4-8-18/h2-3,5-6,9-14,18H,4,7-8,15-16H2,1H3,(H,24,27)(H,25,26). The smallest absolute Gasteiger partial charge is 0.252 e. The van der Waals surface area contributed by atoms with Gasteiger partial charge in [-0.15, -0.1) is 11.8 Å². The van der Waals surface area contributed by atoms with Gasteiger partial charge in [0.25, 0.3) is 5.91 Å². The molecular weight excluding hydrogens is 368 g/mol. The van der Waals surface area contributed by atoms with Gasteiger partial charge in [0.05, 0.1) is 11.3 Å². The Morgan fingerprint density at radius 1 is 1.07 bits per heavy atom. The Morgan fingerprint density at radius 2 is 1.86 bits per heavy atom. The Balaban J connectivity index is 1.53. The van der Waals surface area contributed by atoms with Gasteiger partial charge in [-0.2, -0.15) is 0 Å². The molecule has 0 saturated heterocycles. The maximum atomic E-state index is 12.6. The van der Waals surface area contributed by atoms with Gasteiger partial charge in [0.1, 0.15) is 0 Å². The van der Waals surface area contributed by atoms with Crippen LogP contribution in [0.1, 0.15) is 35.2 Å². The first-order valence-electron chi connectivity index (χ1n) is 9.63. The monoisotopic (exact) mass is 394 g/mol. The second kappa shape index (κ2) is 10.1. The topological polar surface area (TPSA) is 58.2 Å². The minimum absolute atomic E-state index is 0.0726. The fourth-order valence-electron chi connectivity index (χ4n) is 3.13. The number of thioether (sulfide) groups is 1. The number of aryl methyl sites for hydroxylation is 1.